The zero-order valence-corrected chi connectivity index (χ0v) is 14.0. The molecule has 0 saturated carbocycles. The highest BCUT2D eigenvalue weighted by molar-refractivity contribution is 5.82. The van der Waals surface area contributed by atoms with Gasteiger partial charge in [-0.05, 0) is 48.7 Å². The molecule has 1 aliphatic rings. The summed E-state index contributed by atoms with van der Waals surface area (Å²) >= 11 is 0. The second-order valence-electron chi connectivity index (χ2n) is 5.77. The molecule has 0 saturated heterocycles. The van der Waals surface area contributed by atoms with Crippen LogP contribution in [0.1, 0.15) is 16.7 Å². The van der Waals surface area contributed by atoms with E-state index < -0.39 is 0 Å². The van der Waals surface area contributed by atoms with Crippen LogP contribution in [0.5, 0.6) is 23.0 Å². The van der Waals surface area contributed by atoms with Gasteiger partial charge in [0.25, 0.3) is 0 Å². The molecule has 0 aromatic heterocycles. The predicted octanol–water partition coefficient (Wildman–Crippen LogP) is 3.23. The summed E-state index contributed by atoms with van der Waals surface area (Å²) in [6.45, 7) is 4.18. The summed E-state index contributed by atoms with van der Waals surface area (Å²) in [7, 11) is 1.64. The van der Waals surface area contributed by atoms with Gasteiger partial charge in [0.2, 0.25) is 6.79 Å². The third kappa shape index (κ3) is 3.45. The number of methoxy groups -OCH3 is 1. The van der Waals surface area contributed by atoms with E-state index in [4.69, 9.17) is 18.9 Å². The largest absolute Gasteiger partial charge is 0.496 e. The molecule has 0 aliphatic carbocycles. The SMILES string of the molecule is COc1cc(C)c(CC(=O)COc2ccc3c(c2)OCO3)cc1C. The summed E-state index contributed by atoms with van der Waals surface area (Å²) in [6, 6.07) is 9.23. The molecule has 0 amide bonds. The van der Waals surface area contributed by atoms with Gasteiger partial charge in [-0.25, -0.2) is 0 Å². The van der Waals surface area contributed by atoms with Gasteiger partial charge >= 0.3 is 0 Å². The Morgan fingerprint density at radius 2 is 1.88 bits per heavy atom. The van der Waals surface area contributed by atoms with Crippen LogP contribution < -0.4 is 18.9 Å². The minimum Gasteiger partial charge on any atom is -0.496 e. The second-order valence-corrected chi connectivity index (χ2v) is 5.77. The third-order valence-corrected chi connectivity index (χ3v) is 3.98. The number of rotatable bonds is 6. The smallest absolute Gasteiger partial charge is 0.231 e. The first-order valence-electron chi connectivity index (χ1n) is 7.75. The van der Waals surface area contributed by atoms with Gasteiger partial charge in [-0.1, -0.05) is 6.07 Å². The first kappa shape index (κ1) is 16.2. The first-order valence-corrected chi connectivity index (χ1v) is 7.75. The molecule has 0 fully saturated rings. The lowest BCUT2D eigenvalue weighted by Crippen LogP contribution is -2.14. The quantitative estimate of drug-likeness (QED) is 0.815. The summed E-state index contributed by atoms with van der Waals surface area (Å²) in [5.41, 5.74) is 3.05. The van der Waals surface area contributed by atoms with E-state index >= 15 is 0 Å². The van der Waals surface area contributed by atoms with Crippen molar-refractivity contribution in [2.45, 2.75) is 20.3 Å². The lowest BCUT2D eigenvalue weighted by molar-refractivity contribution is -0.120. The zero-order chi connectivity index (χ0) is 17.1. The minimum atomic E-state index is 0.0142. The Balaban J connectivity index is 1.61. The fourth-order valence-corrected chi connectivity index (χ4v) is 2.65. The Morgan fingerprint density at radius 1 is 1.08 bits per heavy atom. The van der Waals surface area contributed by atoms with Crippen molar-refractivity contribution in [3.63, 3.8) is 0 Å². The molecule has 1 aliphatic heterocycles. The molecule has 2 aromatic rings. The standard InChI is InChI=1S/C19H20O5/c1-12-7-18(21-3)13(2)6-14(12)8-15(20)10-22-16-4-5-17-19(9-16)24-11-23-17/h4-7,9H,8,10-11H2,1-3H3. The molecule has 126 valence electrons. The van der Waals surface area contributed by atoms with Crippen molar-refractivity contribution in [2.75, 3.05) is 20.5 Å². The number of carbonyl (C=O) groups excluding carboxylic acids is 1. The Kier molecular flexibility index (Phi) is 4.60. The van der Waals surface area contributed by atoms with Crippen molar-refractivity contribution in [1.82, 2.24) is 0 Å². The molecular formula is C19H20O5. The van der Waals surface area contributed by atoms with E-state index in [2.05, 4.69) is 0 Å². The highest BCUT2D eigenvalue weighted by Gasteiger charge is 2.15. The number of Topliss-reactive ketones (excluding diaryl/α,β-unsaturated/α-hetero) is 1. The number of hydrogen-bond acceptors (Lipinski definition) is 5. The van der Waals surface area contributed by atoms with E-state index in [-0.39, 0.29) is 19.2 Å². The summed E-state index contributed by atoms with van der Waals surface area (Å²) < 4.78 is 21.4. The van der Waals surface area contributed by atoms with Crippen LogP contribution in [0.15, 0.2) is 30.3 Å². The van der Waals surface area contributed by atoms with Crippen molar-refractivity contribution in [2.24, 2.45) is 0 Å². The Hall–Kier alpha value is -2.69. The van der Waals surface area contributed by atoms with E-state index in [1.807, 2.05) is 26.0 Å². The Labute approximate surface area is 141 Å². The lowest BCUT2D eigenvalue weighted by Gasteiger charge is -2.11. The number of benzene rings is 2. The van der Waals surface area contributed by atoms with Crippen molar-refractivity contribution < 1.29 is 23.7 Å². The van der Waals surface area contributed by atoms with E-state index in [9.17, 15) is 4.79 Å². The lowest BCUT2D eigenvalue weighted by atomic mass is 10.0. The van der Waals surface area contributed by atoms with Crippen molar-refractivity contribution in [1.29, 1.82) is 0 Å². The van der Waals surface area contributed by atoms with E-state index in [1.165, 1.54) is 0 Å². The highest BCUT2D eigenvalue weighted by Crippen LogP contribution is 2.35. The molecular weight excluding hydrogens is 308 g/mol. The van der Waals surface area contributed by atoms with Gasteiger partial charge in [-0.2, -0.15) is 0 Å². The molecule has 5 heteroatoms. The molecule has 1 heterocycles. The van der Waals surface area contributed by atoms with E-state index in [0.29, 0.717) is 23.7 Å². The molecule has 0 spiro atoms. The summed E-state index contributed by atoms with van der Waals surface area (Å²) in [5.74, 6) is 2.77. The molecule has 0 unspecified atom stereocenters. The number of carbonyl (C=O) groups is 1. The second kappa shape index (κ2) is 6.83. The maximum Gasteiger partial charge on any atom is 0.231 e. The topological polar surface area (TPSA) is 54.0 Å². The molecule has 0 N–H and O–H groups in total. The first-order chi connectivity index (χ1) is 11.6. The molecule has 0 atom stereocenters. The van der Waals surface area contributed by atoms with Crippen molar-refractivity contribution in [3.05, 3.63) is 47.0 Å². The van der Waals surface area contributed by atoms with Gasteiger partial charge in [0.05, 0.1) is 7.11 Å². The molecule has 3 rings (SSSR count). The minimum absolute atomic E-state index is 0.0142. The van der Waals surface area contributed by atoms with Gasteiger partial charge < -0.3 is 18.9 Å². The van der Waals surface area contributed by atoms with Gasteiger partial charge in [0.15, 0.2) is 17.3 Å². The normalized spacial score (nSPS) is 12.1. The number of aryl methyl sites for hydroxylation is 2. The maximum absolute atomic E-state index is 12.2. The Bertz CT molecular complexity index is 767. The number of ketones is 1. The predicted molar refractivity (Wildman–Crippen MR) is 89.2 cm³/mol. The highest BCUT2D eigenvalue weighted by atomic mass is 16.7. The number of fused-ring (bicyclic) bond motifs is 1. The van der Waals surface area contributed by atoms with Crippen LogP contribution in [-0.4, -0.2) is 26.3 Å². The fourth-order valence-electron chi connectivity index (χ4n) is 2.65. The van der Waals surface area contributed by atoms with Crippen LogP contribution in [0.25, 0.3) is 0 Å². The summed E-state index contributed by atoms with van der Waals surface area (Å²) in [4.78, 5) is 12.2. The molecule has 2 aromatic carbocycles. The van der Waals surface area contributed by atoms with Gasteiger partial charge in [-0.3, -0.25) is 4.79 Å². The molecule has 0 bridgehead atoms. The van der Waals surface area contributed by atoms with Gasteiger partial charge in [-0.15, -0.1) is 0 Å². The van der Waals surface area contributed by atoms with E-state index in [1.54, 1.807) is 25.3 Å². The number of hydrogen-bond donors (Lipinski definition) is 0. The fraction of sp³-hybridized carbons (Fsp3) is 0.316. The average molecular weight is 328 g/mol. The third-order valence-electron chi connectivity index (χ3n) is 3.98. The molecule has 24 heavy (non-hydrogen) atoms. The van der Waals surface area contributed by atoms with Crippen LogP contribution in [0, 0.1) is 13.8 Å². The Morgan fingerprint density at radius 3 is 2.67 bits per heavy atom. The van der Waals surface area contributed by atoms with E-state index in [0.717, 1.165) is 22.4 Å². The van der Waals surface area contributed by atoms with Gasteiger partial charge in [0, 0.05) is 12.5 Å². The van der Waals surface area contributed by atoms with Crippen molar-refractivity contribution in [3.8, 4) is 23.0 Å². The number of ether oxygens (including phenoxy) is 4. The van der Waals surface area contributed by atoms with Crippen molar-refractivity contribution >= 4 is 5.78 Å². The average Bonchev–Trinajstić information content (AvgIpc) is 3.03. The molecule has 0 radical (unpaired) electrons. The molecule has 5 nitrogen and oxygen atoms in total. The zero-order valence-electron chi connectivity index (χ0n) is 14.0. The van der Waals surface area contributed by atoms with Crippen LogP contribution in [-0.2, 0) is 11.2 Å². The van der Waals surface area contributed by atoms with Crippen LogP contribution in [0.4, 0.5) is 0 Å². The van der Waals surface area contributed by atoms with Crippen LogP contribution in [0.3, 0.4) is 0 Å². The summed E-state index contributed by atoms with van der Waals surface area (Å²) in [6.07, 6.45) is 0.335. The monoisotopic (exact) mass is 328 g/mol. The van der Waals surface area contributed by atoms with Crippen LogP contribution in [0.2, 0.25) is 0 Å². The van der Waals surface area contributed by atoms with Gasteiger partial charge in [0.1, 0.15) is 18.1 Å². The maximum atomic E-state index is 12.2. The summed E-state index contributed by atoms with van der Waals surface area (Å²) in [5, 5.41) is 0. The van der Waals surface area contributed by atoms with Crippen LogP contribution >= 0.6 is 0 Å².